The molecule has 17 heteroatoms. The molecule has 6 rings (SSSR count). The van der Waals surface area contributed by atoms with Gasteiger partial charge < -0.3 is 24.3 Å². The summed E-state index contributed by atoms with van der Waals surface area (Å²) in [5, 5.41) is 8.46. The molecule has 5 aromatic rings. The second-order valence-corrected chi connectivity index (χ2v) is 15.7. The Morgan fingerprint density at radius 1 is 0.875 bits per heavy atom. The predicted octanol–water partition coefficient (Wildman–Crippen LogP) is 6.13. The molecule has 14 nitrogen and oxygen atoms in total. The van der Waals surface area contributed by atoms with Crippen LogP contribution in [0.4, 0.5) is 20.2 Å². The third-order valence-corrected chi connectivity index (χ3v) is 11.2. The van der Waals surface area contributed by atoms with E-state index in [0.29, 0.717) is 37.2 Å². The highest BCUT2D eigenvalue weighted by molar-refractivity contribution is 7.46. The van der Waals surface area contributed by atoms with Gasteiger partial charge in [-0.2, -0.15) is 10.2 Å². The lowest BCUT2D eigenvalue weighted by atomic mass is 9.74. The Bertz CT molecular complexity index is 2140. The van der Waals surface area contributed by atoms with Crippen LogP contribution >= 0.6 is 7.82 Å². The van der Waals surface area contributed by atoms with Crippen LogP contribution in [0.2, 0.25) is 0 Å². The number of rotatable bonds is 17. The second kappa shape index (κ2) is 17.5. The molecule has 3 aromatic carbocycles. The highest BCUT2D eigenvalue weighted by Crippen LogP contribution is 2.40. The third-order valence-electron chi connectivity index (χ3n) is 10.6. The van der Waals surface area contributed by atoms with Crippen molar-refractivity contribution in [3.05, 3.63) is 113 Å². The SMILES string of the molecule is CC[C@@H](COc1ccc(N2CCN(c3ccc(-n4cnn([C@@H](CC)[C@H](C)OP(=O)(O)O)c4=O)cc3)CC2)cc1)C[C@](C)(Cn1cncn1)c1ccc(F)cc1F. The van der Waals surface area contributed by atoms with E-state index in [1.807, 2.05) is 43.3 Å². The van der Waals surface area contributed by atoms with Crippen molar-refractivity contribution < 1.29 is 32.4 Å². The maximum Gasteiger partial charge on any atom is 0.469 e. The molecule has 1 aliphatic rings. The fraction of sp³-hybridized carbons (Fsp3) is 0.436. The first-order chi connectivity index (χ1) is 26.8. The van der Waals surface area contributed by atoms with Crippen LogP contribution in [-0.4, -0.2) is 77.8 Å². The molecule has 0 bridgehead atoms. The van der Waals surface area contributed by atoms with Crippen LogP contribution in [0, 0.1) is 17.6 Å². The zero-order valence-corrected chi connectivity index (χ0v) is 32.9. The summed E-state index contributed by atoms with van der Waals surface area (Å²) in [5.74, 6) is -0.354. The highest BCUT2D eigenvalue weighted by atomic mass is 31.2. The Balaban J connectivity index is 1.03. The van der Waals surface area contributed by atoms with E-state index in [2.05, 4.69) is 44.0 Å². The van der Waals surface area contributed by atoms with Crippen LogP contribution in [0.5, 0.6) is 5.75 Å². The maximum atomic E-state index is 15.1. The van der Waals surface area contributed by atoms with E-state index in [9.17, 15) is 23.5 Å². The summed E-state index contributed by atoms with van der Waals surface area (Å²) in [6, 6.07) is 18.8. The Morgan fingerprint density at radius 3 is 2.05 bits per heavy atom. The summed E-state index contributed by atoms with van der Waals surface area (Å²) in [5.41, 5.74) is 2.06. The number of benzene rings is 3. The van der Waals surface area contributed by atoms with E-state index in [-0.39, 0.29) is 5.92 Å². The van der Waals surface area contributed by atoms with E-state index in [4.69, 9.17) is 9.26 Å². The van der Waals surface area contributed by atoms with Crippen LogP contribution in [0.3, 0.4) is 0 Å². The molecule has 1 saturated heterocycles. The van der Waals surface area contributed by atoms with E-state index in [1.54, 1.807) is 17.9 Å². The molecule has 1 fully saturated rings. The molecule has 0 aliphatic carbocycles. The number of halogens is 2. The van der Waals surface area contributed by atoms with Crippen molar-refractivity contribution in [2.75, 3.05) is 42.6 Å². The van der Waals surface area contributed by atoms with Gasteiger partial charge in [-0.25, -0.2) is 32.4 Å². The van der Waals surface area contributed by atoms with Crippen LogP contribution < -0.4 is 20.2 Å². The van der Waals surface area contributed by atoms with E-state index >= 15 is 4.39 Å². The van der Waals surface area contributed by atoms with Gasteiger partial charge in [-0.1, -0.05) is 33.3 Å². The Labute approximate surface area is 324 Å². The van der Waals surface area contributed by atoms with Crippen molar-refractivity contribution in [2.45, 2.75) is 71.1 Å². The van der Waals surface area contributed by atoms with Crippen LogP contribution in [0.15, 0.2) is 90.5 Å². The molecular formula is C39H49F2N8O6P. The lowest BCUT2D eigenvalue weighted by Gasteiger charge is -2.37. The molecule has 2 aromatic heterocycles. The molecule has 0 radical (unpaired) electrons. The molecule has 2 N–H and O–H groups in total. The minimum Gasteiger partial charge on any atom is -0.493 e. The zero-order valence-electron chi connectivity index (χ0n) is 32.0. The Morgan fingerprint density at radius 2 is 1.50 bits per heavy atom. The Kier molecular flexibility index (Phi) is 12.7. The summed E-state index contributed by atoms with van der Waals surface area (Å²) >= 11 is 0. The smallest absolute Gasteiger partial charge is 0.469 e. The zero-order chi connectivity index (χ0) is 40.0. The quantitative estimate of drug-likeness (QED) is 0.105. The first kappa shape index (κ1) is 40.8. The number of aromatic nitrogens is 6. The van der Waals surface area contributed by atoms with Gasteiger partial charge in [-0.15, -0.1) is 0 Å². The molecule has 0 unspecified atom stereocenters. The minimum absolute atomic E-state index is 0.0913. The lowest BCUT2D eigenvalue weighted by molar-refractivity contribution is 0.0962. The molecule has 3 heterocycles. The predicted molar refractivity (Wildman–Crippen MR) is 208 cm³/mol. The van der Waals surface area contributed by atoms with Crippen LogP contribution in [0.1, 0.15) is 58.6 Å². The number of hydrogen-bond donors (Lipinski definition) is 2. The van der Waals surface area contributed by atoms with Gasteiger partial charge in [0.1, 0.15) is 36.4 Å². The minimum atomic E-state index is -4.73. The van der Waals surface area contributed by atoms with Crippen LogP contribution in [0.25, 0.3) is 5.69 Å². The van der Waals surface area contributed by atoms with Crippen molar-refractivity contribution >= 4 is 19.2 Å². The van der Waals surface area contributed by atoms with Crippen LogP contribution in [-0.2, 0) is 21.0 Å². The molecule has 300 valence electrons. The molecular weight excluding hydrogens is 745 g/mol. The molecule has 4 atom stereocenters. The monoisotopic (exact) mass is 794 g/mol. The summed E-state index contributed by atoms with van der Waals surface area (Å²) in [6.07, 6.45) is 5.31. The Hall–Kier alpha value is -4.89. The molecule has 0 spiro atoms. The number of phosphoric acid groups is 1. The van der Waals surface area contributed by atoms with Crippen molar-refractivity contribution in [2.24, 2.45) is 5.92 Å². The third kappa shape index (κ3) is 9.73. The summed E-state index contributed by atoms with van der Waals surface area (Å²) in [7, 11) is -4.73. The molecule has 0 saturated carbocycles. The first-order valence-electron chi connectivity index (χ1n) is 18.8. The summed E-state index contributed by atoms with van der Waals surface area (Å²) in [4.78, 5) is 40.3. The first-order valence-corrected chi connectivity index (χ1v) is 20.3. The number of ether oxygens (including phenoxy) is 1. The van der Waals surface area contributed by atoms with E-state index in [0.717, 1.165) is 55.8 Å². The fourth-order valence-corrected chi connectivity index (χ4v) is 8.17. The number of piperazine rings is 1. The molecule has 1 aliphatic heterocycles. The van der Waals surface area contributed by atoms with Crippen molar-refractivity contribution in [3.8, 4) is 11.4 Å². The van der Waals surface area contributed by atoms with Crippen molar-refractivity contribution in [3.63, 3.8) is 0 Å². The second-order valence-electron chi connectivity index (χ2n) is 14.6. The number of phosphoric ester groups is 1. The van der Waals surface area contributed by atoms with E-state index in [1.165, 1.54) is 41.0 Å². The van der Waals surface area contributed by atoms with Crippen molar-refractivity contribution in [1.29, 1.82) is 0 Å². The average Bonchev–Trinajstić information content (AvgIpc) is 3.82. The molecule has 0 amide bonds. The van der Waals surface area contributed by atoms with E-state index < -0.39 is 42.7 Å². The lowest BCUT2D eigenvalue weighted by Crippen LogP contribution is -2.46. The van der Waals surface area contributed by atoms with Gasteiger partial charge >= 0.3 is 13.5 Å². The molecule has 56 heavy (non-hydrogen) atoms. The topological polar surface area (TPSA) is 153 Å². The van der Waals surface area contributed by atoms with Gasteiger partial charge in [-0.3, -0.25) is 9.21 Å². The fourth-order valence-electron chi connectivity index (χ4n) is 7.59. The van der Waals surface area contributed by atoms with Gasteiger partial charge in [0.2, 0.25) is 0 Å². The maximum absolute atomic E-state index is 15.1. The van der Waals surface area contributed by atoms with Gasteiger partial charge in [0, 0.05) is 49.0 Å². The number of hydrogen-bond acceptors (Lipinski definition) is 9. The number of nitrogens with zero attached hydrogens (tertiary/aromatic N) is 8. The normalized spacial score (nSPS) is 16.4. The average molecular weight is 795 g/mol. The van der Waals surface area contributed by atoms with Gasteiger partial charge in [-0.05, 0) is 85.8 Å². The number of anilines is 2. The largest absolute Gasteiger partial charge is 0.493 e. The summed E-state index contributed by atoms with van der Waals surface area (Å²) < 4.78 is 55.6. The van der Waals surface area contributed by atoms with Gasteiger partial charge in [0.25, 0.3) is 0 Å². The van der Waals surface area contributed by atoms with Gasteiger partial charge in [0.05, 0.1) is 31.0 Å². The standard InChI is InChI=1S/C39H49F2N8O6P/c1-5-29(22-39(4,24-47-26-42-25-43-47)35-16-7-30(40)21-36(35)41)23-54-34-14-12-32(13-15-34)46-19-17-45(18-20-46)31-8-10-33(11-9-31)48-27-44-49(38(48)50)37(6-2)28(3)55-56(51,52)53/h7-16,21,25-29,37H,5-6,17-20,22-24H2,1-4H3,(H2,51,52,53)/t28-,29+,37-,39+/m0/s1. The summed E-state index contributed by atoms with van der Waals surface area (Å²) in [6.45, 7) is 11.4. The highest BCUT2D eigenvalue weighted by Gasteiger charge is 2.34. The van der Waals surface area contributed by atoms with Crippen molar-refractivity contribution in [1.82, 2.24) is 29.1 Å². The van der Waals surface area contributed by atoms with Gasteiger partial charge in [0.15, 0.2) is 0 Å².